The highest BCUT2D eigenvalue weighted by Crippen LogP contribution is 2.13. The second-order valence-electron chi connectivity index (χ2n) is 4.53. The van der Waals surface area contributed by atoms with Crippen LogP contribution in [0.4, 0.5) is 4.79 Å². The van der Waals surface area contributed by atoms with Crippen molar-refractivity contribution in [2.45, 2.75) is 45.3 Å². The Morgan fingerprint density at radius 1 is 1.31 bits per heavy atom. The first kappa shape index (κ1) is 14.7. The van der Waals surface area contributed by atoms with Crippen LogP contribution in [-0.2, 0) is 9.53 Å². The van der Waals surface area contributed by atoms with Gasteiger partial charge in [0, 0.05) is 0 Å². The van der Waals surface area contributed by atoms with E-state index < -0.39 is 29.8 Å². The molecule has 0 aromatic rings. The summed E-state index contributed by atoms with van der Waals surface area (Å²) in [6, 6.07) is 0. The van der Waals surface area contributed by atoms with Gasteiger partial charge in [0.2, 0.25) is 0 Å². The Morgan fingerprint density at radius 2 is 1.81 bits per heavy atom. The van der Waals surface area contributed by atoms with Crippen LogP contribution in [0.15, 0.2) is 0 Å². The molecule has 0 aliphatic heterocycles. The molecule has 6 heteroatoms. The minimum Gasteiger partial charge on any atom is -0.479 e. The lowest BCUT2D eigenvalue weighted by Crippen LogP contribution is -2.57. The van der Waals surface area contributed by atoms with Crippen molar-refractivity contribution in [2.75, 3.05) is 6.61 Å². The number of carbonyl (C=O) groups excluding carboxylic acids is 1. The lowest BCUT2D eigenvalue weighted by Gasteiger charge is -2.29. The number of hydrogen-bond donors (Lipinski definition) is 3. The van der Waals surface area contributed by atoms with Gasteiger partial charge >= 0.3 is 12.1 Å². The summed E-state index contributed by atoms with van der Waals surface area (Å²) in [5.74, 6) is -1.29. The number of aliphatic hydroxyl groups is 1. The van der Waals surface area contributed by atoms with Crippen molar-refractivity contribution in [2.24, 2.45) is 0 Å². The molecule has 0 heterocycles. The molecule has 0 aromatic heterocycles. The molecular formula is C10H19NO5. The fraction of sp³-hybridized carbons (Fsp3) is 0.800. The highest BCUT2D eigenvalue weighted by Gasteiger charge is 2.39. The summed E-state index contributed by atoms with van der Waals surface area (Å²) >= 11 is 0. The first-order valence-corrected chi connectivity index (χ1v) is 5.02. The lowest BCUT2D eigenvalue weighted by molar-refractivity contribution is -0.146. The maximum Gasteiger partial charge on any atom is 0.408 e. The van der Waals surface area contributed by atoms with E-state index in [4.69, 9.17) is 14.9 Å². The number of hydrogen-bond acceptors (Lipinski definition) is 4. The number of amides is 1. The molecule has 0 aromatic carbocycles. The van der Waals surface area contributed by atoms with Gasteiger partial charge < -0.3 is 20.3 Å². The molecule has 16 heavy (non-hydrogen) atoms. The predicted octanol–water partition coefficient (Wildman–Crippen LogP) is 0.737. The predicted molar refractivity (Wildman–Crippen MR) is 57.1 cm³/mol. The molecule has 3 N–H and O–H groups in total. The molecule has 1 atom stereocenters. The van der Waals surface area contributed by atoms with E-state index in [0.29, 0.717) is 0 Å². The Bertz CT molecular complexity index is 265. The molecular weight excluding hydrogens is 214 g/mol. The molecule has 0 radical (unpaired) electrons. The van der Waals surface area contributed by atoms with E-state index in [2.05, 4.69) is 5.32 Å². The number of nitrogens with one attached hydrogen (secondary N) is 1. The number of carboxylic acid groups (broad SMARTS) is 1. The third kappa shape index (κ3) is 4.06. The van der Waals surface area contributed by atoms with E-state index in [0.717, 1.165) is 0 Å². The van der Waals surface area contributed by atoms with Crippen LogP contribution in [0.3, 0.4) is 0 Å². The zero-order valence-electron chi connectivity index (χ0n) is 10.0. The van der Waals surface area contributed by atoms with Crippen molar-refractivity contribution < 1.29 is 24.5 Å². The van der Waals surface area contributed by atoms with Crippen molar-refractivity contribution in [1.82, 2.24) is 5.32 Å². The molecule has 0 spiro atoms. The molecule has 0 saturated carbocycles. The van der Waals surface area contributed by atoms with Crippen molar-refractivity contribution in [3.05, 3.63) is 0 Å². The Hall–Kier alpha value is -1.30. The molecule has 94 valence electrons. The molecule has 0 rings (SSSR count). The van der Waals surface area contributed by atoms with Gasteiger partial charge in [0.05, 0.1) is 6.61 Å². The van der Waals surface area contributed by atoms with E-state index in [1.54, 1.807) is 27.7 Å². The van der Waals surface area contributed by atoms with Crippen LogP contribution in [0.5, 0.6) is 0 Å². The number of alkyl carbamates (subject to hydrolysis) is 1. The average Bonchev–Trinajstić information content (AvgIpc) is 2.10. The van der Waals surface area contributed by atoms with Crippen molar-refractivity contribution in [1.29, 1.82) is 0 Å². The Balaban J connectivity index is 4.66. The van der Waals surface area contributed by atoms with Gasteiger partial charge in [-0.1, -0.05) is 6.92 Å². The fourth-order valence-corrected chi connectivity index (χ4v) is 1.01. The van der Waals surface area contributed by atoms with Crippen LogP contribution >= 0.6 is 0 Å². The minimum absolute atomic E-state index is 0.0675. The topological polar surface area (TPSA) is 95.9 Å². The quantitative estimate of drug-likeness (QED) is 0.665. The van der Waals surface area contributed by atoms with Gasteiger partial charge in [-0.15, -0.1) is 0 Å². The molecule has 0 unspecified atom stereocenters. The number of carboxylic acids is 1. The fourth-order valence-electron chi connectivity index (χ4n) is 1.01. The molecule has 0 aliphatic carbocycles. The number of aliphatic carboxylic acids is 1. The summed E-state index contributed by atoms with van der Waals surface area (Å²) in [5.41, 5.74) is -2.39. The highest BCUT2D eigenvalue weighted by molar-refractivity contribution is 5.84. The SMILES string of the molecule is CC[C@](CO)(NC(=O)OC(C)(C)C)C(=O)O. The van der Waals surface area contributed by atoms with Gasteiger partial charge in [-0.2, -0.15) is 0 Å². The van der Waals surface area contributed by atoms with Gasteiger partial charge in [0.1, 0.15) is 5.60 Å². The normalized spacial score (nSPS) is 15.1. The molecule has 0 aliphatic rings. The summed E-state index contributed by atoms with van der Waals surface area (Å²) in [7, 11) is 0. The second-order valence-corrected chi connectivity index (χ2v) is 4.53. The summed E-state index contributed by atoms with van der Waals surface area (Å²) in [5, 5.41) is 20.2. The molecule has 0 fully saturated rings. The second kappa shape index (κ2) is 5.16. The van der Waals surface area contributed by atoms with Gasteiger partial charge in [0.25, 0.3) is 0 Å². The smallest absolute Gasteiger partial charge is 0.408 e. The van der Waals surface area contributed by atoms with Crippen molar-refractivity contribution >= 4 is 12.1 Å². The zero-order chi connectivity index (χ0) is 13.0. The number of carbonyl (C=O) groups is 2. The molecule has 0 saturated heterocycles. The van der Waals surface area contributed by atoms with Crippen LogP contribution in [-0.4, -0.2) is 40.0 Å². The summed E-state index contributed by atoms with van der Waals surface area (Å²) in [6.45, 7) is 5.87. The lowest BCUT2D eigenvalue weighted by atomic mass is 9.98. The van der Waals surface area contributed by atoms with Gasteiger partial charge in [0.15, 0.2) is 5.54 Å². The van der Waals surface area contributed by atoms with E-state index in [1.807, 2.05) is 0 Å². The van der Waals surface area contributed by atoms with Crippen LogP contribution in [0.2, 0.25) is 0 Å². The van der Waals surface area contributed by atoms with Crippen molar-refractivity contribution in [3.63, 3.8) is 0 Å². The monoisotopic (exact) mass is 233 g/mol. The van der Waals surface area contributed by atoms with E-state index in [1.165, 1.54) is 0 Å². The number of rotatable bonds is 4. The summed E-state index contributed by atoms with van der Waals surface area (Å²) in [4.78, 5) is 22.3. The van der Waals surface area contributed by atoms with E-state index in [-0.39, 0.29) is 6.42 Å². The van der Waals surface area contributed by atoms with Crippen LogP contribution < -0.4 is 5.32 Å². The number of aliphatic hydroxyl groups excluding tert-OH is 1. The Morgan fingerprint density at radius 3 is 2.06 bits per heavy atom. The molecule has 6 nitrogen and oxygen atoms in total. The Labute approximate surface area is 94.6 Å². The van der Waals surface area contributed by atoms with Crippen LogP contribution in [0.25, 0.3) is 0 Å². The maximum atomic E-state index is 11.4. The minimum atomic E-state index is -1.68. The van der Waals surface area contributed by atoms with Crippen LogP contribution in [0.1, 0.15) is 34.1 Å². The van der Waals surface area contributed by atoms with Gasteiger partial charge in [-0.25, -0.2) is 9.59 Å². The molecule has 1 amide bonds. The first-order chi connectivity index (χ1) is 7.17. The third-order valence-electron chi connectivity index (χ3n) is 2.02. The average molecular weight is 233 g/mol. The summed E-state index contributed by atoms with van der Waals surface area (Å²) < 4.78 is 4.92. The Kier molecular flexibility index (Phi) is 4.74. The van der Waals surface area contributed by atoms with E-state index >= 15 is 0 Å². The third-order valence-corrected chi connectivity index (χ3v) is 2.02. The number of ether oxygens (including phenoxy) is 1. The van der Waals surface area contributed by atoms with Crippen molar-refractivity contribution in [3.8, 4) is 0 Å². The highest BCUT2D eigenvalue weighted by atomic mass is 16.6. The van der Waals surface area contributed by atoms with Crippen LogP contribution in [0, 0.1) is 0 Å². The van der Waals surface area contributed by atoms with Gasteiger partial charge in [-0.05, 0) is 27.2 Å². The van der Waals surface area contributed by atoms with E-state index in [9.17, 15) is 9.59 Å². The molecule has 0 bridgehead atoms. The summed E-state index contributed by atoms with van der Waals surface area (Å²) in [6.07, 6.45) is -0.788. The van der Waals surface area contributed by atoms with Gasteiger partial charge in [-0.3, -0.25) is 0 Å². The maximum absolute atomic E-state index is 11.4. The standard InChI is InChI=1S/C10H19NO5/c1-5-10(6-12,7(13)14)11-8(15)16-9(2,3)4/h12H,5-6H2,1-4H3,(H,11,15)(H,13,14)/t10-/m1/s1. The largest absolute Gasteiger partial charge is 0.479 e. The zero-order valence-corrected chi connectivity index (χ0v) is 10.0. The first-order valence-electron chi connectivity index (χ1n) is 5.02.